The van der Waals surface area contributed by atoms with E-state index in [1.807, 2.05) is 7.11 Å². The Bertz CT molecular complexity index is 455. The second-order valence-electron chi connectivity index (χ2n) is 6.73. The molecule has 3 nitrogen and oxygen atoms in total. The van der Waals surface area contributed by atoms with Gasteiger partial charge in [0.1, 0.15) is 0 Å². The lowest BCUT2D eigenvalue weighted by Gasteiger charge is -2.40. The monoisotopic (exact) mass is 288 g/mol. The van der Waals surface area contributed by atoms with Gasteiger partial charge in [0.05, 0.1) is 6.10 Å². The molecule has 3 atom stereocenters. The molecule has 1 saturated heterocycles. The minimum absolute atomic E-state index is 0.323. The minimum Gasteiger partial charge on any atom is -0.380 e. The van der Waals surface area contributed by atoms with Gasteiger partial charge < -0.3 is 10.5 Å². The van der Waals surface area contributed by atoms with Gasteiger partial charge in [-0.3, -0.25) is 4.90 Å². The van der Waals surface area contributed by atoms with Crippen molar-refractivity contribution < 1.29 is 4.74 Å². The van der Waals surface area contributed by atoms with Gasteiger partial charge >= 0.3 is 0 Å². The summed E-state index contributed by atoms with van der Waals surface area (Å²) in [5.41, 5.74) is 8.93. The summed E-state index contributed by atoms with van der Waals surface area (Å²) < 4.78 is 5.64. The number of ether oxygens (including phenoxy) is 1. The van der Waals surface area contributed by atoms with Gasteiger partial charge in [0.2, 0.25) is 0 Å². The number of methoxy groups -OCH3 is 1. The molecule has 0 amide bonds. The molecule has 0 bridgehead atoms. The average Bonchev–Trinajstić information content (AvgIpc) is 3.35. The molecule has 1 aromatic rings. The Morgan fingerprint density at radius 2 is 1.95 bits per heavy atom. The van der Waals surface area contributed by atoms with Gasteiger partial charge in [-0.25, -0.2) is 0 Å². The van der Waals surface area contributed by atoms with Gasteiger partial charge in [0.25, 0.3) is 0 Å². The quantitative estimate of drug-likeness (QED) is 0.905. The van der Waals surface area contributed by atoms with Crippen molar-refractivity contribution in [2.75, 3.05) is 26.7 Å². The van der Waals surface area contributed by atoms with Crippen LogP contribution < -0.4 is 5.73 Å². The van der Waals surface area contributed by atoms with Gasteiger partial charge in [-0.15, -0.1) is 0 Å². The number of hydrogen-bond donors (Lipinski definition) is 1. The maximum Gasteiger partial charge on any atom is 0.0724 e. The van der Waals surface area contributed by atoms with Crippen molar-refractivity contribution in [2.45, 2.75) is 44.2 Å². The summed E-state index contributed by atoms with van der Waals surface area (Å²) in [6, 6.07) is 9.49. The molecule has 1 aliphatic heterocycles. The zero-order valence-corrected chi connectivity index (χ0v) is 13.3. The first-order valence-corrected chi connectivity index (χ1v) is 8.29. The fraction of sp³-hybridized carbons (Fsp3) is 0.667. The summed E-state index contributed by atoms with van der Waals surface area (Å²) in [5.74, 6) is 1.46. The Balaban J connectivity index is 1.71. The summed E-state index contributed by atoms with van der Waals surface area (Å²) >= 11 is 0. The number of benzene rings is 1. The van der Waals surface area contributed by atoms with Crippen LogP contribution in [0.4, 0.5) is 0 Å². The van der Waals surface area contributed by atoms with Gasteiger partial charge in [0, 0.05) is 26.2 Å². The van der Waals surface area contributed by atoms with E-state index in [9.17, 15) is 0 Å². The van der Waals surface area contributed by atoms with Crippen LogP contribution in [0.25, 0.3) is 0 Å². The van der Waals surface area contributed by atoms with Crippen molar-refractivity contribution in [1.82, 2.24) is 4.90 Å². The Morgan fingerprint density at radius 3 is 2.52 bits per heavy atom. The molecule has 116 valence electrons. The van der Waals surface area contributed by atoms with Crippen LogP contribution >= 0.6 is 0 Å². The summed E-state index contributed by atoms with van der Waals surface area (Å²) in [7, 11) is 1.83. The van der Waals surface area contributed by atoms with Crippen LogP contribution in [0, 0.1) is 5.92 Å². The first-order chi connectivity index (χ1) is 10.2. The highest BCUT2D eigenvalue weighted by Crippen LogP contribution is 2.40. The average molecular weight is 288 g/mol. The maximum atomic E-state index is 6.08. The lowest BCUT2D eigenvalue weighted by molar-refractivity contribution is -0.0183. The Kier molecular flexibility index (Phi) is 4.63. The number of likely N-dealkylation sites (tertiary alicyclic amines) is 1. The van der Waals surface area contributed by atoms with E-state index in [0.29, 0.717) is 24.6 Å². The Hall–Kier alpha value is -0.900. The predicted octanol–water partition coefficient (Wildman–Crippen LogP) is 2.92. The van der Waals surface area contributed by atoms with Crippen molar-refractivity contribution in [3.63, 3.8) is 0 Å². The molecule has 0 radical (unpaired) electrons. The van der Waals surface area contributed by atoms with E-state index in [1.54, 1.807) is 0 Å². The SMILES string of the molecule is COC1CN(C(CN)c2ccc(C3CC3)cc2)CCC1C. The molecule has 2 fully saturated rings. The zero-order valence-electron chi connectivity index (χ0n) is 13.3. The van der Waals surface area contributed by atoms with Gasteiger partial charge in [-0.1, -0.05) is 31.2 Å². The van der Waals surface area contributed by atoms with Crippen molar-refractivity contribution in [1.29, 1.82) is 0 Å². The van der Waals surface area contributed by atoms with Gasteiger partial charge in [0.15, 0.2) is 0 Å². The third-order valence-electron chi connectivity index (χ3n) is 5.26. The molecule has 0 aromatic heterocycles. The maximum absolute atomic E-state index is 6.08. The highest BCUT2D eigenvalue weighted by Gasteiger charge is 2.30. The highest BCUT2D eigenvalue weighted by molar-refractivity contribution is 5.30. The molecule has 1 saturated carbocycles. The molecule has 21 heavy (non-hydrogen) atoms. The summed E-state index contributed by atoms with van der Waals surface area (Å²) in [5, 5.41) is 0. The van der Waals surface area contributed by atoms with Crippen LogP contribution in [-0.4, -0.2) is 37.7 Å². The highest BCUT2D eigenvalue weighted by atomic mass is 16.5. The zero-order chi connectivity index (χ0) is 14.8. The van der Waals surface area contributed by atoms with Crippen LogP contribution in [-0.2, 0) is 4.74 Å². The molecule has 3 unspecified atom stereocenters. The number of nitrogens with two attached hydrogens (primary N) is 1. The normalized spacial score (nSPS) is 28.5. The summed E-state index contributed by atoms with van der Waals surface area (Å²) in [6.45, 7) is 5.07. The van der Waals surface area contributed by atoms with E-state index in [2.05, 4.69) is 36.1 Å². The van der Waals surface area contributed by atoms with Crippen LogP contribution in [0.3, 0.4) is 0 Å². The van der Waals surface area contributed by atoms with Crippen LogP contribution in [0.1, 0.15) is 49.3 Å². The van der Waals surface area contributed by atoms with E-state index in [1.165, 1.54) is 30.4 Å². The lowest BCUT2D eigenvalue weighted by atomic mass is 9.93. The Labute approximate surface area is 128 Å². The second-order valence-corrected chi connectivity index (χ2v) is 6.73. The van der Waals surface area contributed by atoms with Crippen molar-refractivity contribution in [2.24, 2.45) is 11.7 Å². The molecule has 0 spiro atoms. The molecule has 1 heterocycles. The van der Waals surface area contributed by atoms with Gasteiger partial charge in [-0.05, 0) is 48.8 Å². The third-order valence-corrected chi connectivity index (χ3v) is 5.26. The fourth-order valence-electron chi connectivity index (χ4n) is 3.55. The van der Waals surface area contributed by atoms with Crippen LogP contribution in [0.15, 0.2) is 24.3 Å². The molecule has 1 aromatic carbocycles. The summed E-state index contributed by atoms with van der Waals surface area (Å²) in [6.07, 6.45) is 4.24. The molecule has 3 heteroatoms. The topological polar surface area (TPSA) is 38.5 Å². The second kappa shape index (κ2) is 6.47. The number of hydrogen-bond acceptors (Lipinski definition) is 3. The van der Waals surface area contributed by atoms with E-state index < -0.39 is 0 Å². The smallest absolute Gasteiger partial charge is 0.0724 e. The molecule has 1 aliphatic carbocycles. The van der Waals surface area contributed by atoms with Crippen molar-refractivity contribution >= 4 is 0 Å². The molecule has 2 N–H and O–H groups in total. The van der Waals surface area contributed by atoms with E-state index >= 15 is 0 Å². The standard InChI is InChI=1S/C18H28N2O/c1-13-9-10-20(12-18(13)21-2)17(11-19)16-7-5-15(6-8-16)14-3-4-14/h5-8,13-14,17-18H,3-4,9-12,19H2,1-2H3. The molecular formula is C18H28N2O. The largest absolute Gasteiger partial charge is 0.380 e. The first-order valence-electron chi connectivity index (χ1n) is 8.29. The number of nitrogens with zero attached hydrogens (tertiary/aromatic N) is 1. The van der Waals surface area contributed by atoms with Crippen molar-refractivity contribution in [3.05, 3.63) is 35.4 Å². The van der Waals surface area contributed by atoms with E-state index in [-0.39, 0.29) is 0 Å². The fourth-order valence-corrected chi connectivity index (χ4v) is 3.55. The number of rotatable bonds is 5. The van der Waals surface area contributed by atoms with E-state index in [0.717, 1.165) is 19.0 Å². The third kappa shape index (κ3) is 3.31. The van der Waals surface area contributed by atoms with Crippen molar-refractivity contribution in [3.8, 4) is 0 Å². The van der Waals surface area contributed by atoms with Crippen LogP contribution in [0.5, 0.6) is 0 Å². The first kappa shape index (κ1) is 15.0. The minimum atomic E-state index is 0.323. The van der Waals surface area contributed by atoms with Crippen LogP contribution in [0.2, 0.25) is 0 Å². The van der Waals surface area contributed by atoms with Gasteiger partial charge in [-0.2, -0.15) is 0 Å². The molecule has 3 rings (SSSR count). The molecular weight excluding hydrogens is 260 g/mol. The number of piperidine rings is 1. The van der Waals surface area contributed by atoms with E-state index in [4.69, 9.17) is 10.5 Å². The summed E-state index contributed by atoms with van der Waals surface area (Å²) in [4.78, 5) is 2.50. The molecule has 2 aliphatic rings. The predicted molar refractivity (Wildman–Crippen MR) is 86.4 cm³/mol. The lowest BCUT2D eigenvalue weighted by Crippen LogP contribution is -2.47. The Morgan fingerprint density at radius 1 is 1.24 bits per heavy atom.